The van der Waals surface area contributed by atoms with E-state index in [1.807, 2.05) is 6.07 Å². The van der Waals surface area contributed by atoms with Gasteiger partial charge in [-0.1, -0.05) is 78.9 Å². The summed E-state index contributed by atoms with van der Waals surface area (Å²) in [6, 6.07) is 31.5. The van der Waals surface area contributed by atoms with Crippen molar-refractivity contribution in [2.45, 2.75) is 0 Å². The summed E-state index contributed by atoms with van der Waals surface area (Å²) in [6.07, 6.45) is 2.09. The number of rotatable bonds is 2. The molecule has 0 radical (unpaired) electrons. The zero-order chi connectivity index (χ0) is 16.6. The van der Waals surface area contributed by atoms with Crippen LogP contribution in [-0.4, -0.2) is 9.38 Å². The van der Waals surface area contributed by atoms with Gasteiger partial charge in [-0.15, -0.1) is 0 Å². The molecule has 0 aliphatic rings. The maximum Gasteiger partial charge on any atom is 0.145 e. The van der Waals surface area contributed by atoms with Crippen molar-refractivity contribution in [3.05, 3.63) is 97.2 Å². The van der Waals surface area contributed by atoms with Crippen LogP contribution in [0.3, 0.4) is 0 Å². The molecule has 0 amide bonds. The van der Waals surface area contributed by atoms with Crippen molar-refractivity contribution in [1.29, 1.82) is 0 Å². The highest BCUT2D eigenvalue weighted by Crippen LogP contribution is 2.33. The Kier molecular flexibility index (Phi) is 3.14. The molecule has 0 atom stereocenters. The molecule has 0 saturated carbocycles. The van der Waals surface area contributed by atoms with Crippen molar-refractivity contribution in [3.63, 3.8) is 0 Å². The van der Waals surface area contributed by atoms with Crippen LogP contribution in [0.1, 0.15) is 0 Å². The molecule has 2 heteroatoms. The third kappa shape index (κ3) is 2.23. The first-order valence-corrected chi connectivity index (χ1v) is 8.42. The fourth-order valence-electron chi connectivity index (χ4n) is 3.46. The number of nitrogens with zero attached hydrogens (tertiary/aromatic N) is 2. The molecule has 2 aromatic heterocycles. The molecule has 5 rings (SSSR count). The van der Waals surface area contributed by atoms with E-state index in [9.17, 15) is 0 Å². The SMILES string of the molecule is c1ccc(-c2nc(-c3cccc4ccccc34)n3ccccc23)cc1. The molecular formula is C23H16N2. The summed E-state index contributed by atoms with van der Waals surface area (Å²) in [5.41, 5.74) is 4.43. The molecule has 5 aromatic rings. The van der Waals surface area contributed by atoms with Gasteiger partial charge in [-0.05, 0) is 22.9 Å². The van der Waals surface area contributed by atoms with Gasteiger partial charge in [0.2, 0.25) is 0 Å². The molecule has 3 aromatic carbocycles. The monoisotopic (exact) mass is 320 g/mol. The molecule has 0 aliphatic carbocycles. The van der Waals surface area contributed by atoms with Gasteiger partial charge in [0.1, 0.15) is 5.82 Å². The van der Waals surface area contributed by atoms with Gasteiger partial charge >= 0.3 is 0 Å². The predicted octanol–water partition coefficient (Wildman–Crippen LogP) is 5.82. The van der Waals surface area contributed by atoms with Crippen molar-refractivity contribution in [2.24, 2.45) is 0 Å². The number of hydrogen-bond donors (Lipinski definition) is 0. The molecule has 118 valence electrons. The Labute approximate surface area is 146 Å². The highest BCUT2D eigenvalue weighted by molar-refractivity contribution is 5.96. The van der Waals surface area contributed by atoms with E-state index in [2.05, 4.69) is 95.5 Å². The van der Waals surface area contributed by atoms with E-state index in [-0.39, 0.29) is 0 Å². The Balaban J connectivity index is 1.86. The van der Waals surface area contributed by atoms with Crippen LogP contribution in [0.25, 0.3) is 38.9 Å². The average Bonchev–Trinajstić information content (AvgIpc) is 3.08. The summed E-state index contributed by atoms with van der Waals surface area (Å²) in [6.45, 7) is 0. The van der Waals surface area contributed by atoms with E-state index in [1.54, 1.807) is 0 Å². The van der Waals surface area contributed by atoms with Crippen LogP contribution in [0.5, 0.6) is 0 Å². The smallest absolute Gasteiger partial charge is 0.145 e. The molecule has 0 N–H and O–H groups in total. The summed E-state index contributed by atoms with van der Waals surface area (Å²) in [4.78, 5) is 5.04. The second kappa shape index (κ2) is 5.60. The molecule has 0 unspecified atom stereocenters. The second-order valence-corrected chi connectivity index (χ2v) is 6.13. The Morgan fingerprint density at radius 2 is 1.40 bits per heavy atom. The third-order valence-corrected chi connectivity index (χ3v) is 4.63. The fourth-order valence-corrected chi connectivity index (χ4v) is 3.46. The summed E-state index contributed by atoms with van der Waals surface area (Å²) in [7, 11) is 0. The predicted molar refractivity (Wildman–Crippen MR) is 104 cm³/mol. The first kappa shape index (κ1) is 14.0. The lowest BCUT2D eigenvalue weighted by Gasteiger charge is -2.05. The standard InChI is InChI=1S/C23H16N2/c1-2-10-18(11-3-1)22-21-15-6-7-16-25(21)23(24-22)20-14-8-12-17-9-4-5-13-19(17)20/h1-16H. The zero-order valence-corrected chi connectivity index (χ0v) is 13.6. The van der Waals surface area contributed by atoms with E-state index in [0.717, 1.165) is 28.2 Å². The van der Waals surface area contributed by atoms with E-state index in [1.165, 1.54) is 10.8 Å². The number of pyridine rings is 1. The number of hydrogen-bond acceptors (Lipinski definition) is 1. The Morgan fingerprint density at radius 3 is 2.32 bits per heavy atom. The summed E-state index contributed by atoms with van der Waals surface area (Å²) < 4.78 is 2.18. The van der Waals surface area contributed by atoms with Gasteiger partial charge in [0.25, 0.3) is 0 Å². The Morgan fingerprint density at radius 1 is 0.640 bits per heavy atom. The molecular weight excluding hydrogens is 304 g/mol. The maximum absolute atomic E-state index is 5.04. The van der Waals surface area contributed by atoms with Gasteiger partial charge in [0, 0.05) is 17.3 Å². The van der Waals surface area contributed by atoms with Crippen LogP contribution < -0.4 is 0 Å². The minimum atomic E-state index is 0.978. The first-order valence-electron chi connectivity index (χ1n) is 8.42. The molecule has 0 fully saturated rings. The summed E-state index contributed by atoms with van der Waals surface area (Å²) in [5.74, 6) is 0.978. The second-order valence-electron chi connectivity index (χ2n) is 6.13. The van der Waals surface area contributed by atoms with Crippen molar-refractivity contribution in [1.82, 2.24) is 9.38 Å². The average molecular weight is 320 g/mol. The largest absolute Gasteiger partial charge is 0.299 e. The molecule has 0 saturated heterocycles. The molecule has 0 bridgehead atoms. The van der Waals surface area contributed by atoms with E-state index in [0.29, 0.717) is 0 Å². The van der Waals surface area contributed by atoms with Crippen molar-refractivity contribution in [2.75, 3.05) is 0 Å². The minimum absolute atomic E-state index is 0.978. The van der Waals surface area contributed by atoms with Gasteiger partial charge in [0.15, 0.2) is 0 Å². The lowest BCUT2D eigenvalue weighted by molar-refractivity contribution is 1.17. The summed E-state index contributed by atoms with van der Waals surface area (Å²) >= 11 is 0. The molecule has 2 nitrogen and oxygen atoms in total. The van der Waals surface area contributed by atoms with Crippen molar-refractivity contribution < 1.29 is 0 Å². The molecule has 2 heterocycles. The molecule has 25 heavy (non-hydrogen) atoms. The third-order valence-electron chi connectivity index (χ3n) is 4.63. The van der Waals surface area contributed by atoms with Gasteiger partial charge in [0.05, 0.1) is 11.2 Å². The lowest BCUT2D eigenvalue weighted by Crippen LogP contribution is -1.89. The Hall–Kier alpha value is -3.39. The van der Waals surface area contributed by atoms with Crippen LogP contribution in [0.4, 0.5) is 0 Å². The van der Waals surface area contributed by atoms with Crippen molar-refractivity contribution >= 4 is 16.3 Å². The van der Waals surface area contributed by atoms with E-state index in [4.69, 9.17) is 4.98 Å². The van der Waals surface area contributed by atoms with Crippen LogP contribution >= 0.6 is 0 Å². The zero-order valence-electron chi connectivity index (χ0n) is 13.6. The van der Waals surface area contributed by atoms with Gasteiger partial charge < -0.3 is 0 Å². The lowest BCUT2D eigenvalue weighted by atomic mass is 10.0. The number of benzene rings is 3. The van der Waals surface area contributed by atoms with Crippen molar-refractivity contribution in [3.8, 4) is 22.6 Å². The molecule has 0 spiro atoms. The van der Waals surface area contributed by atoms with E-state index >= 15 is 0 Å². The van der Waals surface area contributed by atoms with Gasteiger partial charge in [-0.3, -0.25) is 4.40 Å². The maximum atomic E-state index is 5.04. The van der Waals surface area contributed by atoms with E-state index < -0.39 is 0 Å². The van der Waals surface area contributed by atoms with Crippen LogP contribution in [-0.2, 0) is 0 Å². The van der Waals surface area contributed by atoms with Gasteiger partial charge in [-0.25, -0.2) is 4.98 Å². The van der Waals surface area contributed by atoms with Crippen LogP contribution in [0.2, 0.25) is 0 Å². The first-order chi connectivity index (χ1) is 12.4. The normalized spacial score (nSPS) is 11.2. The fraction of sp³-hybridized carbons (Fsp3) is 0. The summed E-state index contributed by atoms with van der Waals surface area (Å²) in [5, 5.41) is 2.45. The van der Waals surface area contributed by atoms with Crippen LogP contribution in [0.15, 0.2) is 97.2 Å². The molecule has 0 aliphatic heterocycles. The number of fused-ring (bicyclic) bond motifs is 2. The number of aromatic nitrogens is 2. The minimum Gasteiger partial charge on any atom is -0.299 e. The Bertz CT molecular complexity index is 1180. The highest BCUT2D eigenvalue weighted by Gasteiger charge is 2.15. The number of imidazole rings is 1. The highest BCUT2D eigenvalue weighted by atomic mass is 15.0. The quantitative estimate of drug-likeness (QED) is 0.400. The van der Waals surface area contributed by atoms with Gasteiger partial charge in [-0.2, -0.15) is 0 Å². The van der Waals surface area contributed by atoms with Crippen LogP contribution in [0, 0.1) is 0 Å². The topological polar surface area (TPSA) is 17.3 Å².